The molecule has 0 saturated heterocycles. The molecule has 2 nitrogen and oxygen atoms in total. The van der Waals surface area contributed by atoms with Crippen molar-refractivity contribution in [1.29, 1.82) is 0 Å². The molecule has 4 heteroatoms. The predicted molar refractivity (Wildman–Crippen MR) is 84.7 cm³/mol. The van der Waals surface area contributed by atoms with Crippen LogP contribution in [0.15, 0.2) is 47.4 Å². The zero-order chi connectivity index (χ0) is 13.9. The van der Waals surface area contributed by atoms with Gasteiger partial charge in [0.15, 0.2) is 0 Å². The number of hydrogen-bond acceptors (Lipinski definition) is 3. The molecule has 1 atom stereocenters. The molecular formula is C16H16ClNOS. The molecule has 0 saturated carbocycles. The molecule has 1 unspecified atom stereocenters. The van der Waals surface area contributed by atoms with Gasteiger partial charge in [-0.15, -0.1) is 11.8 Å². The summed E-state index contributed by atoms with van der Waals surface area (Å²) in [5.74, 6) is 2.20. The van der Waals surface area contributed by atoms with Crippen LogP contribution < -0.4 is 10.5 Å². The molecule has 104 valence electrons. The third-order valence-corrected chi connectivity index (χ3v) is 5.05. The molecule has 0 bridgehead atoms. The van der Waals surface area contributed by atoms with Gasteiger partial charge in [-0.05, 0) is 17.7 Å². The highest BCUT2D eigenvalue weighted by Gasteiger charge is 2.23. The zero-order valence-corrected chi connectivity index (χ0v) is 12.6. The van der Waals surface area contributed by atoms with Crippen LogP contribution in [0.1, 0.15) is 17.0 Å². The van der Waals surface area contributed by atoms with Gasteiger partial charge in [0.25, 0.3) is 0 Å². The molecule has 0 fully saturated rings. The Kier molecular flexibility index (Phi) is 4.20. The second-order valence-corrected chi connectivity index (χ2v) is 6.26. The van der Waals surface area contributed by atoms with E-state index < -0.39 is 0 Å². The molecule has 2 aromatic rings. The minimum absolute atomic E-state index is 0.415. The van der Waals surface area contributed by atoms with Crippen LogP contribution in [0.5, 0.6) is 5.75 Å². The Hall–Kier alpha value is -1.16. The van der Waals surface area contributed by atoms with Crippen molar-refractivity contribution < 1.29 is 4.74 Å². The molecule has 20 heavy (non-hydrogen) atoms. The van der Waals surface area contributed by atoms with E-state index in [1.807, 2.05) is 30.0 Å². The lowest BCUT2D eigenvalue weighted by Crippen LogP contribution is -2.12. The minimum atomic E-state index is 0.415. The standard InChI is InChI=1S/C16H16ClNOS/c17-14-6-3-4-11(8-18)16(14)19-9-12-10-20-15-7-2-1-5-13(12)15/h1-7,12H,8-10,18H2. The molecule has 0 aliphatic carbocycles. The smallest absolute Gasteiger partial charge is 0.142 e. The van der Waals surface area contributed by atoms with E-state index in [4.69, 9.17) is 22.1 Å². The lowest BCUT2D eigenvalue weighted by molar-refractivity contribution is 0.295. The molecule has 0 aromatic heterocycles. The van der Waals surface area contributed by atoms with Gasteiger partial charge in [0.1, 0.15) is 5.75 Å². The number of thioether (sulfide) groups is 1. The van der Waals surface area contributed by atoms with Crippen LogP contribution in [0, 0.1) is 0 Å². The average molecular weight is 306 g/mol. The summed E-state index contributed by atoms with van der Waals surface area (Å²) in [6.07, 6.45) is 0. The van der Waals surface area contributed by atoms with Crippen molar-refractivity contribution in [1.82, 2.24) is 0 Å². The Bertz CT molecular complexity index is 617. The molecule has 3 rings (SSSR count). The van der Waals surface area contributed by atoms with Crippen molar-refractivity contribution in [3.05, 3.63) is 58.6 Å². The van der Waals surface area contributed by atoms with E-state index in [2.05, 4.69) is 24.3 Å². The number of rotatable bonds is 4. The Balaban J connectivity index is 1.75. The van der Waals surface area contributed by atoms with E-state index >= 15 is 0 Å². The number of benzene rings is 2. The first-order valence-electron chi connectivity index (χ1n) is 6.61. The third kappa shape index (κ3) is 2.66. The second kappa shape index (κ2) is 6.08. The van der Waals surface area contributed by atoms with Crippen LogP contribution in [0.3, 0.4) is 0 Å². The summed E-state index contributed by atoms with van der Waals surface area (Å²) in [5, 5.41) is 0.631. The van der Waals surface area contributed by atoms with Crippen molar-refractivity contribution in [3.63, 3.8) is 0 Å². The summed E-state index contributed by atoms with van der Waals surface area (Å²) in [5.41, 5.74) is 8.07. The summed E-state index contributed by atoms with van der Waals surface area (Å²) in [7, 11) is 0. The first-order chi connectivity index (χ1) is 9.79. The summed E-state index contributed by atoms with van der Waals surface area (Å²) in [6, 6.07) is 14.2. The molecular weight excluding hydrogens is 290 g/mol. The quantitative estimate of drug-likeness (QED) is 0.925. The van der Waals surface area contributed by atoms with Gasteiger partial charge in [-0.3, -0.25) is 0 Å². The largest absolute Gasteiger partial charge is 0.491 e. The van der Waals surface area contributed by atoms with Gasteiger partial charge in [0.05, 0.1) is 11.6 Å². The Morgan fingerprint density at radius 2 is 2.05 bits per heavy atom. The van der Waals surface area contributed by atoms with Gasteiger partial charge in [0.2, 0.25) is 0 Å². The average Bonchev–Trinajstić information content (AvgIpc) is 2.89. The molecule has 0 amide bonds. The molecule has 1 aliphatic heterocycles. The summed E-state index contributed by atoms with van der Waals surface area (Å²) in [4.78, 5) is 1.36. The first-order valence-corrected chi connectivity index (χ1v) is 7.98. The van der Waals surface area contributed by atoms with Crippen LogP contribution in [-0.4, -0.2) is 12.4 Å². The van der Waals surface area contributed by atoms with Crippen LogP contribution in [0.25, 0.3) is 0 Å². The number of nitrogens with two attached hydrogens (primary N) is 1. The summed E-state index contributed by atoms with van der Waals surface area (Å²) in [6.45, 7) is 1.08. The normalized spacial score (nSPS) is 17.0. The van der Waals surface area contributed by atoms with Crippen LogP contribution >= 0.6 is 23.4 Å². The number of ether oxygens (including phenoxy) is 1. The maximum atomic E-state index is 6.21. The maximum absolute atomic E-state index is 6.21. The summed E-state index contributed by atoms with van der Waals surface area (Å²) < 4.78 is 5.97. The van der Waals surface area contributed by atoms with E-state index in [0.29, 0.717) is 24.1 Å². The fourth-order valence-corrected chi connectivity index (χ4v) is 3.91. The zero-order valence-electron chi connectivity index (χ0n) is 11.0. The monoisotopic (exact) mass is 305 g/mol. The highest BCUT2D eigenvalue weighted by molar-refractivity contribution is 7.99. The third-order valence-electron chi connectivity index (χ3n) is 3.50. The van der Waals surface area contributed by atoms with Gasteiger partial charge in [-0.2, -0.15) is 0 Å². The van der Waals surface area contributed by atoms with Crippen molar-refractivity contribution in [2.75, 3.05) is 12.4 Å². The SMILES string of the molecule is NCc1cccc(Cl)c1OCC1CSc2ccccc21. The van der Waals surface area contributed by atoms with E-state index in [9.17, 15) is 0 Å². The van der Waals surface area contributed by atoms with E-state index in [-0.39, 0.29) is 0 Å². The van der Waals surface area contributed by atoms with Crippen molar-refractivity contribution >= 4 is 23.4 Å². The highest BCUT2D eigenvalue weighted by atomic mass is 35.5. The fraction of sp³-hybridized carbons (Fsp3) is 0.250. The second-order valence-electron chi connectivity index (χ2n) is 4.79. The Morgan fingerprint density at radius 3 is 2.90 bits per heavy atom. The highest BCUT2D eigenvalue weighted by Crippen LogP contribution is 2.40. The van der Waals surface area contributed by atoms with Gasteiger partial charge in [0, 0.05) is 28.7 Å². The molecule has 1 heterocycles. The van der Waals surface area contributed by atoms with Crippen LogP contribution in [0.2, 0.25) is 5.02 Å². The maximum Gasteiger partial charge on any atom is 0.142 e. The fourth-order valence-electron chi connectivity index (χ4n) is 2.43. The van der Waals surface area contributed by atoms with Crippen molar-refractivity contribution in [2.24, 2.45) is 5.73 Å². The van der Waals surface area contributed by atoms with Crippen LogP contribution in [0.4, 0.5) is 0 Å². The van der Waals surface area contributed by atoms with E-state index in [1.165, 1.54) is 10.5 Å². The minimum Gasteiger partial charge on any atom is -0.491 e. The van der Waals surface area contributed by atoms with Gasteiger partial charge in [-0.1, -0.05) is 41.9 Å². The Morgan fingerprint density at radius 1 is 1.20 bits per heavy atom. The van der Waals surface area contributed by atoms with Gasteiger partial charge >= 0.3 is 0 Å². The van der Waals surface area contributed by atoms with Crippen molar-refractivity contribution in [3.8, 4) is 5.75 Å². The lowest BCUT2D eigenvalue weighted by Gasteiger charge is -2.16. The topological polar surface area (TPSA) is 35.2 Å². The molecule has 0 spiro atoms. The number of halogens is 1. The predicted octanol–water partition coefficient (Wildman–Crippen LogP) is 4.07. The number of hydrogen-bond donors (Lipinski definition) is 1. The lowest BCUT2D eigenvalue weighted by atomic mass is 10.0. The Labute approximate surface area is 128 Å². The van der Waals surface area contributed by atoms with Crippen LogP contribution in [-0.2, 0) is 6.54 Å². The molecule has 0 radical (unpaired) electrons. The molecule has 1 aliphatic rings. The van der Waals surface area contributed by atoms with Gasteiger partial charge in [-0.25, -0.2) is 0 Å². The van der Waals surface area contributed by atoms with E-state index in [0.717, 1.165) is 17.1 Å². The summed E-state index contributed by atoms with van der Waals surface area (Å²) >= 11 is 8.10. The van der Waals surface area contributed by atoms with E-state index in [1.54, 1.807) is 0 Å². The molecule has 2 N–H and O–H groups in total. The first kappa shape index (κ1) is 13.8. The molecule has 2 aromatic carbocycles. The van der Waals surface area contributed by atoms with Gasteiger partial charge < -0.3 is 10.5 Å². The number of para-hydroxylation sites is 1. The van der Waals surface area contributed by atoms with Crippen molar-refractivity contribution in [2.45, 2.75) is 17.4 Å². The number of fused-ring (bicyclic) bond motifs is 1.